The SMILES string of the molecule is CCc1cc(C(=O)OC)c(NC(=O)[C@@H]2CC=CC[C@H]2C(=O)O)s1. The minimum atomic E-state index is -0.983. The summed E-state index contributed by atoms with van der Waals surface area (Å²) in [7, 11) is 1.28. The predicted octanol–water partition coefficient (Wildman–Crippen LogP) is 2.70. The fourth-order valence-corrected chi connectivity index (χ4v) is 3.54. The Balaban J connectivity index is 2.22. The molecule has 2 atom stereocenters. The van der Waals surface area contributed by atoms with E-state index in [-0.39, 0.29) is 5.91 Å². The van der Waals surface area contributed by atoms with E-state index in [9.17, 15) is 19.5 Å². The summed E-state index contributed by atoms with van der Waals surface area (Å²) in [6.07, 6.45) is 5.04. The first-order chi connectivity index (χ1) is 11.0. The highest BCUT2D eigenvalue weighted by Crippen LogP contribution is 2.32. The van der Waals surface area contributed by atoms with Gasteiger partial charge < -0.3 is 15.2 Å². The number of allylic oxidation sites excluding steroid dienone is 2. The Bertz CT molecular complexity index is 649. The van der Waals surface area contributed by atoms with Gasteiger partial charge in [-0.1, -0.05) is 19.1 Å². The van der Waals surface area contributed by atoms with Crippen molar-refractivity contribution in [2.75, 3.05) is 12.4 Å². The van der Waals surface area contributed by atoms with Crippen LogP contribution in [0, 0.1) is 11.8 Å². The lowest BCUT2D eigenvalue weighted by molar-refractivity contribution is -0.146. The van der Waals surface area contributed by atoms with E-state index in [2.05, 4.69) is 5.32 Å². The van der Waals surface area contributed by atoms with Crippen LogP contribution in [0.1, 0.15) is 35.0 Å². The molecule has 23 heavy (non-hydrogen) atoms. The van der Waals surface area contributed by atoms with Crippen molar-refractivity contribution in [3.8, 4) is 0 Å². The molecule has 2 rings (SSSR count). The number of aliphatic carboxylic acids is 1. The van der Waals surface area contributed by atoms with E-state index in [1.807, 2.05) is 13.0 Å². The van der Waals surface area contributed by atoms with E-state index in [0.29, 0.717) is 23.4 Å². The number of aryl methyl sites for hydroxylation is 1. The van der Waals surface area contributed by atoms with Crippen LogP contribution >= 0.6 is 11.3 Å². The van der Waals surface area contributed by atoms with E-state index in [1.165, 1.54) is 18.4 Å². The minimum Gasteiger partial charge on any atom is -0.481 e. The highest BCUT2D eigenvalue weighted by molar-refractivity contribution is 7.16. The quantitative estimate of drug-likeness (QED) is 0.636. The molecular weight excluding hydrogens is 318 g/mol. The Kier molecular flexibility index (Phi) is 5.54. The molecule has 0 aromatic carbocycles. The van der Waals surface area contributed by atoms with Gasteiger partial charge in [0.05, 0.1) is 24.5 Å². The molecule has 0 fully saturated rings. The van der Waals surface area contributed by atoms with Crippen LogP contribution in [0.4, 0.5) is 5.00 Å². The molecular formula is C16H19NO5S. The number of anilines is 1. The molecule has 0 radical (unpaired) electrons. The summed E-state index contributed by atoms with van der Waals surface area (Å²) < 4.78 is 4.73. The lowest BCUT2D eigenvalue weighted by Gasteiger charge is -2.24. The summed E-state index contributed by atoms with van der Waals surface area (Å²) >= 11 is 1.31. The van der Waals surface area contributed by atoms with Crippen molar-refractivity contribution in [2.45, 2.75) is 26.2 Å². The molecule has 0 saturated heterocycles. The van der Waals surface area contributed by atoms with Crippen LogP contribution in [-0.4, -0.2) is 30.1 Å². The number of rotatable bonds is 5. The molecule has 1 aromatic heterocycles. The van der Waals surface area contributed by atoms with E-state index in [4.69, 9.17) is 4.74 Å². The molecule has 6 nitrogen and oxygen atoms in total. The zero-order valence-corrected chi connectivity index (χ0v) is 13.8. The van der Waals surface area contributed by atoms with Gasteiger partial charge in [0.15, 0.2) is 0 Å². The van der Waals surface area contributed by atoms with Gasteiger partial charge in [-0.05, 0) is 25.3 Å². The standard InChI is InChI=1S/C16H19NO5S/c1-3-9-8-12(16(21)22-2)14(23-9)17-13(18)10-6-4-5-7-11(10)15(19)20/h4-5,8,10-11H,3,6-7H2,1-2H3,(H,17,18)(H,19,20)/t10-,11-/m1/s1. The number of carboxylic acid groups (broad SMARTS) is 1. The number of methoxy groups -OCH3 is 1. The third-order valence-corrected chi connectivity index (χ3v) is 5.05. The zero-order valence-electron chi connectivity index (χ0n) is 13.0. The number of hydrogen-bond acceptors (Lipinski definition) is 5. The molecule has 1 aliphatic rings. The molecule has 1 aliphatic carbocycles. The second-order valence-corrected chi connectivity index (χ2v) is 6.42. The summed E-state index contributed by atoms with van der Waals surface area (Å²) in [5.74, 6) is -3.27. The number of ether oxygens (including phenoxy) is 1. The maximum Gasteiger partial charge on any atom is 0.340 e. The van der Waals surface area contributed by atoms with Gasteiger partial charge in [-0.25, -0.2) is 4.79 Å². The summed E-state index contributed by atoms with van der Waals surface area (Å²) in [5, 5.41) is 12.4. The van der Waals surface area contributed by atoms with E-state index >= 15 is 0 Å². The van der Waals surface area contributed by atoms with Gasteiger partial charge in [0.25, 0.3) is 0 Å². The van der Waals surface area contributed by atoms with Gasteiger partial charge >= 0.3 is 11.9 Å². The fourth-order valence-electron chi connectivity index (χ4n) is 2.55. The first-order valence-corrected chi connectivity index (χ1v) is 8.19. The van der Waals surface area contributed by atoms with E-state index < -0.39 is 23.8 Å². The second-order valence-electron chi connectivity index (χ2n) is 5.28. The number of nitrogens with one attached hydrogen (secondary N) is 1. The van der Waals surface area contributed by atoms with Crippen LogP contribution in [0.5, 0.6) is 0 Å². The van der Waals surface area contributed by atoms with Gasteiger partial charge in [0, 0.05) is 4.88 Å². The predicted molar refractivity (Wildman–Crippen MR) is 86.7 cm³/mol. The van der Waals surface area contributed by atoms with Crippen LogP contribution in [0.3, 0.4) is 0 Å². The smallest absolute Gasteiger partial charge is 0.340 e. The van der Waals surface area contributed by atoms with Crippen LogP contribution < -0.4 is 5.32 Å². The number of carbonyl (C=O) groups is 3. The van der Waals surface area contributed by atoms with Crippen molar-refractivity contribution in [3.63, 3.8) is 0 Å². The summed E-state index contributed by atoms with van der Waals surface area (Å²) in [5.41, 5.74) is 0.306. The van der Waals surface area contributed by atoms with Crippen molar-refractivity contribution in [2.24, 2.45) is 11.8 Å². The molecule has 0 bridgehead atoms. The van der Waals surface area contributed by atoms with Crippen molar-refractivity contribution in [1.29, 1.82) is 0 Å². The third-order valence-electron chi connectivity index (χ3n) is 3.86. The summed E-state index contributed by atoms with van der Waals surface area (Å²) in [6.45, 7) is 1.95. The zero-order chi connectivity index (χ0) is 17.0. The van der Waals surface area contributed by atoms with Crippen LogP contribution in [0.2, 0.25) is 0 Å². The Labute approximate surface area is 138 Å². The van der Waals surface area contributed by atoms with Crippen LogP contribution in [-0.2, 0) is 20.7 Å². The average molecular weight is 337 g/mol. The molecule has 0 aliphatic heterocycles. The average Bonchev–Trinajstić information content (AvgIpc) is 2.97. The summed E-state index contributed by atoms with van der Waals surface area (Å²) in [4.78, 5) is 36.6. The normalized spacial score (nSPS) is 20.1. The Hall–Kier alpha value is -2.15. The van der Waals surface area contributed by atoms with Crippen molar-refractivity contribution >= 4 is 34.2 Å². The van der Waals surface area contributed by atoms with Gasteiger partial charge in [0.2, 0.25) is 5.91 Å². The third kappa shape index (κ3) is 3.79. The molecule has 0 unspecified atom stereocenters. The van der Waals surface area contributed by atoms with Gasteiger partial charge in [0.1, 0.15) is 5.00 Å². The molecule has 1 aromatic rings. The van der Waals surface area contributed by atoms with E-state index in [0.717, 1.165) is 11.3 Å². The van der Waals surface area contributed by atoms with Crippen molar-refractivity contribution in [1.82, 2.24) is 0 Å². The monoisotopic (exact) mass is 337 g/mol. The first kappa shape index (κ1) is 17.2. The number of thiophene rings is 1. The lowest BCUT2D eigenvalue weighted by atomic mass is 9.82. The molecule has 124 valence electrons. The van der Waals surface area contributed by atoms with Crippen LogP contribution in [0.15, 0.2) is 18.2 Å². The topological polar surface area (TPSA) is 92.7 Å². The van der Waals surface area contributed by atoms with E-state index in [1.54, 1.807) is 12.1 Å². The number of amides is 1. The number of carbonyl (C=O) groups excluding carboxylic acids is 2. The molecule has 2 N–H and O–H groups in total. The van der Waals surface area contributed by atoms with Gasteiger partial charge in [-0.3, -0.25) is 9.59 Å². The van der Waals surface area contributed by atoms with Gasteiger partial charge in [-0.15, -0.1) is 11.3 Å². The number of esters is 1. The fraction of sp³-hybridized carbons (Fsp3) is 0.438. The summed E-state index contributed by atoms with van der Waals surface area (Å²) in [6, 6.07) is 1.70. The maximum atomic E-state index is 12.5. The maximum absolute atomic E-state index is 12.5. The Morgan fingerprint density at radius 3 is 2.52 bits per heavy atom. The molecule has 0 spiro atoms. The Morgan fingerprint density at radius 2 is 1.96 bits per heavy atom. The minimum absolute atomic E-state index is 0.306. The molecule has 0 saturated carbocycles. The van der Waals surface area contributed by atoms with Gasteiger partial charge in [-0.2, -0.15) is 0 Å². The van der Waals surface area contributed by atoms with Crippen LogP contribution in [0.25, 0.3) is 0 Å². The van der Waals surface area contributed by atoms with Crippen molar-refractivity contribution < 1.29 is 24.2 Å². The van der Waals surface area contributed by atoms with Crippen molar-refractivity contribution in [3.05, 3.63) is 28.7 Å². The Morgan fingerprint density at radius 1 is 1.30 bits per heavy atom. The number of hydrogen-bond donors (Lipinski definition) is 2. The lowest BCUT2D eigenvalue weighted by Crippen LogP contribution is -2.34. The highest BCUT2D eigenvalue weighted by atomic mass is 32.1. The molecule has 1 amide bonds. The number of carboxylic acids is 1. The first-order valence-electron chi connectivity index (χ1n) is 7.37. The second kappa shape index (κ2) is 7.41. The highest BCUT2D eigenvalue weighted by Gasteiger charge is 2.34. The molecule has 1 heterocycles. The largest absolute Gasteiger partial charge is 0.481 e. The molecule has 7 heteroatoms.